The molecule has 0 aliphatic heterocycles. The van der Waals surface area contributed by atoms with Gasteiger partial charge in [0.05, 0.1) is 6.07 Å². The van der Waals surface area contributed by atoms with Crippen LogP contribution in [0.4, 0.5) is 8.78 Å². The molecule has 0 spiro atoms. The summed E-state index contributed by atoms with van der Waals surface area (Å²) < 4.78 is 27.1. The summed E-state index contributed by atoms with van der Waals surface area (Å²) in [6.07, 6.45) is 3.31. The first-order valence-electron chi connectivity index (χ1n) is 12.4. The Labute approximate surface area is 199 Å². The Hall–Kier alpha value is -2.25. The zero-order chi connectivity index (χ0) is 24.1. The van der Waals surface area contributed by atoms with Crippen molar-refractivity contribution >= 4 is 0 Å². The molecule has 180 valence electrons. The minimum absolute atomic E-state index is 0.165. The molecule has 0 saturated heterocycles. The Balaban J connectivity index is 0.00000122. The first-order valence-corrected chi connectivity index (χ1v) is 12.4. The standard InChI is InChI=1S/C27H37F2N.C2H3N/c1-3-18-30(19-17-22-7-5-4-6-8-22)21(2)9-10-23-11-13-24(14-12-23)25-15-16-26(28)27(29)20-25;1-2-3/h4-8,11-14,21,25-27H,3,9-10,15-20H2,1-2H3;1H3. The molecular weight excluding hydrogens is 414 g/mol. The molecule has 33 heavy (non-hydrogen) atoms. The molecule has 3 rings (SSSR count). The van der Waals surface area contributed by atoms with E-state index >= 15 is 0 Å². The Morgan fingerprint density at radius 1 is 0.939 bits per heavy atom. The van der Waals surface area contributed by atoms with Gasteiger partial charge in [0.1, 0.15) is 12.3 Å². The molecule has 4 unspecified atom stereocenters. The predicted octanol–water partition coefficient (Wildman–Crippen LogP) is 7.44. The van der Waals surface area contributed by atoms with E-state index in [2.05, 4.69) is 73.3 Å². The summed E-state index contributed by atoms with van der Waals surface area (Å²) in [6, 6.07) is 21.7. The quantitative estimate of drug-likeness (QED) is 0.373. The SMILES string of the molecule is CC#N.CCCN(CCc1ccccc1)C(C)CCc1ccc(C2CCC(F)C(F)C2)cc1. The first-order chi connectivity index (χ1) is 16.0. The van der Waals surface area contributed by atoms with Gasteiger partial charge in [-0.2, -0.15) is 5.26 Å². The third-order valence-electron chi connectivity index (χ3n) is 6.66. The topological polar surface area (TPSA) is 27.0 Å². The van der Waals surface area contributed by atoms with Gasteiger partial charge in [0, 0.05) is 19.5 Å². The van der Waals surface area contributed by atoms with E-state index in [9.17, 15) is 8.78 Å². The average molecular weight is 455 g/mol. The number of benzene rings is 2. The molecule has 0 aromatic heterocycles. The minimum atomic E-state index is -1.30. The van der Waals surface area contributed by atoms with Crippen LogP contribution in [0.25, 0.3) is 0 Å². The Morgan fingerprint density at radius 3 is 2.18 bits per heavy atom. The Kier molecular flexibility index (Phi) is 12.1. The maximum atomic E-state index is 13.7. The summed E-state index contributed by atoms with van der Waals surface area (Å²) in [5, 5.41) is 7.32. The summed E-state index contributed by atoms with van der Waals surface area (Å²) in [4.78, 5) is 2.61. The maximum absolute atomic E-state index is 13.7. The molecule has 0 amide bonds. The summed E-state index contributed by atoms with van der Waals surface area (Å²) in [5.74, 6) is 0.165. The Bertz CT molecular complexity index is 816. The van der Waals surface area contributed by atoms with Crippen molar-refractivity contribution in [1.82, 2.24) is 4.90 Å². The van der Waals surface area contributed by atoms with E-state index in [0.717, 1.165) is 44.3 Å². The van der Waals surface area contributed by atoms with E-state index in [1.54, 1.807) is 6.07 Å². The summed E-state index contributed by atoms with van der Waals surface area (Å²) >= 11 is 0. The number of aryl methyl sites for hydroxylation is 1. The Morgan fingerprint density at radius 2 is 1.58 bits per heavy atom. The highest BCUT2D eigenvalue weighted by molar-refractivity contribution is 5.26. The number of nitrogens with zero attached hydrogens (tertiary/aromatic N) is 2. The molecular formula is C29H40F2N2. The zero-order valence-corrected chi connectivity index (χ0v) is 20.5. The van der Waals surface area contributed by atoms with Crippen molar-refractivity contribution in [2.24, 2.45) is 0 Å². The van der Waals surface area contributed by atoms with E-state index in [1.807, 2.05) is 0 Å². The predicted molar refractivity (Wildman–Crippen MR) is 134 cm³/mol. The van der Waals surface area contributed by atoms with Crippen LogP contribution < -0.4 is 0 Å². The second kappa shape index (κ2) is 14.8. The second-order valence-electron chi connectivity index (χ2n) is 9.17. The van der Waals surface area contributed by atoms with Crippen molar-refractivity contribution in [2.45, 2.75) is 90.0 Å². The number of hydrogen-bond acceptors (Lipinski definition) is 2. The molecule has 1 aliphatic carbocycles. The van der Waals surface area contributed by atoms with Crippen LogP contribution in [0.5, 0.6) is 0 Å². The minimum Gasteiger partial charge on any atom is -0.300 e. The molecule has 4 heteroatoms. The first kappa shape index (κ1) is 27.0. The molecule has 1 aliphatic rings. The van der Waals surface area contributed by atoms with Crippen molar-refractivity contribution < 1.29 is 8.78 Å². The largest absolute Gasteiger partial charge is 0.300 e. The van der Waals surface area contributed by atoms with Gasteiger partial charge in [-0.3, -0.25) is 0 Å². The van der Waals surface area contributed by atoms with Gasteiger partial charge in [0.25, 0.3) is 0 Å². The van der Waals surface area contributed by atoms with Crippen LogP contribution in [0, 0.1) is 11.3 Å². The van der Waals surface area contributed by atoms with Crippen LogP contribution in [0.1, 0.15) is 75.5 Å². The molecule has 1 fully saturated rings. The van der Waals surface area contributed by atoms with Gasteiger partial charge in [-0.05, 0) is 81.0 Å². The van der Waals surface area contributed by atoms with Gasteiger partial charge >= 0.3 is 0 Å². The van der Waals surface area contributed by atoms with Crippen LogP contribution in [-0.4, -0.2) is 36.4 Å². The molecule has 0 N–H and O–H groups in total. The molecule has 1 saturated carbocycles. The van der Waals surface area contributed by atoms with E-state index in [4.69, 9.17) is 5.26 Å². The number of halogens is 2. The average Bonchev–Trinajstić information content (AvgIpc) is 2.83. The lowest BCUT2D eigenvalue weighted by atomic mass is 9.82. The number of nitriles is 1. The fourth-order valence-corrected chi connectivity index (χ4v) is 4.65. The van der Waals surface area contributed by atoms with Crippen molar-refractivity contribution in [3.05, 3.63) is 71.3 Å². The highest BCUT2D eigenvalue weighted by Gasteiger charge is 2.31. The monoisotopic (exact) mass is 454 g/mol. The van der Waals surface area contributed by atoms with E-state index in [1.165, 1.54) is 24.5 Å². The molecule has 2 aromatic carbocycles. The van der Waals surface area contributed by atoms with Crippen LogP contribution in [0.3, 0.4) is 0 Å². The molecule has 2 nitrogen and oxygen atoms in total. The number of rotatable bonds is 10. The lowest BCUT2D eigenvalue weighted by Crippen LogP contribution is -2.35. The fourth-order valence-electron chi connectivity index (χ4n) is 4.65. The van der Waals surface area contributed by atoms with Gasteiger partial charge in [0.2, 0.25) is 0 Å². The third kappa shape index (κ3) is 9.26. The van der Waals surface area contributed by atoms with Gasteiger partial charge in [0.15, 0.2) is 0 Å². The van der Waals surface area contributed by atoms with Crippen molar-refractivity contribution in [1.29, 1.82) is 5.26 Å². The van der Waals surface area contributed by atoms with E-state index < -0.39 is 12.3 Å². The molecule has 0 bridgehead atoms. The highest BCUT2D eigenvalue weighted by atomic mass is 19.2. The van der Waals surface area contributed by atoms with Crippen molar-refractivity contribution in [3.63, 3.8) is 0 Å². The molecule has 0 radical (unpaired) electrons. The maximum Gasteiger partial charge on any atom is 0.132 e. The fraction of sp³-hybridized carbons (Fsp3) is 0.552. The lowest BCUT2D eigenvalue weighted by molar-refractivity contribution is 0.108. The highest BCUT2D eigenvalue weighted by Crippen LogP contribution is 2.35. The van der Waals surface area contributed by atoms with Gasteiger partial charge in [-0.15, -0.1) is 0 Å². The molecule has 2 aromatic rings. The van der Waals surface area contributed by atoms with E-state index in [0.29, 0.717) is 18.9 Å². The van der Waals surface area contributed by atoms with Crippen LogP contribution >= 0.6 is 0 Å². The summed E-state index contributed by atoms with van der Waals surface area (Å²) in [7, 11) is 0. The van der Waals surface area contributed by atoms with Gasteiger partial charge in [-0.1, -0.05) is 61.5 Å². The van der Waals surface area contributed by atoms with Crippen molar-refractivity contribution in [3.8, 4) is 6.07 Å². The smallest absolute Gasteiger partial charge is 0.132 e. The molecule has 0 heterocycles. The van der Waals surface area contributed by atoms with Crippen LogP contribution in [0.15, 0.2) is 54.6 Å². The summed E-state index contributed by atoms with van der Waals surface area (Å²) in [5.41, 5.74) is 3.90. The van der Waals surface area contributed by atoms with Crippen molar-refractivity contribution in [2.75, 3.05) is 13.1 Å². The van der Waals surface area contributed by atoms with Gasteiger partial charge < -0.3 is 4.90 Å². The zero-order valence-electron chi connectivity index (χ0n) is 20.5. The number of alkyl halides is 2. The lowest BCUT2D eigenvalue weighted by Gasteiger charge is -2.29. The van der Waals surface area contributed by atoms with E-state index in [-0.39, 0.29) is 5.92 Å². The van der Waals surface area contributed by atoms with Gasteiger partial charge in [-0.25, -0.2) is 8.78 Å². The van der Waals surface area contributed by atoms with Crippen LogP contribution in [0.2, 0.25) is 0 Å². The van der Waals surface area contributed by atoms with Crippen LogP contribution in [-0.2, 0) is 12.8 Å². The third-order valence-corrected chi connectivity index (χ3v) is 6.66. The normalized spacial score (nSPS) is 21.1. The molecule has 4 atom stereocenters. The summed E-state index contributed by atoms with van der Waals surface area (Å²) in [6.45, 7) is 8.25. The second-order valence-corrected chi connectivity index (χ2v) is 9.17. The number of hydrogen-bond donors (Lipinski definition) is 0.